The maximum Gasteiger partial charge on any atom is 0.514 e. The average molecular weight is 808 g/mol. The second-order valence-corrected chi connectivity index (χ2v) is 13.5. The van der Waals surface area contributed by atoms with Crippen LogP contribution in [0.25, 0.3) is 0 Å². The first-order valence-corrected chi connectivity index (χ1v) is 17.8. The monoisotopic (exact) mass is 807 g/mol. The van der Waals surface area contributed by atoms with Crippen LogP contribution in [-0.4, -0.2) is 106 Å². The molecule has 2 aromatic carbocycles. The Morgan fingerprint density at radius 2 is 1.58 bits per heavy atom. The molecular formula is C37H49N3O17. The van der Waals surface area contributed by atoms with Crippen molar-refractivity contribution >= 4 is 35.8 Å². The predicted octanol–water partition coefficient (Wildman–Crippen LogP) is 4.01. The molecule has 2 amide bonds. The lowest BCUT2D eigenvalue weighted by Crippen LogP contribution is -2.55. The van der Waals surface area contributed by atoms with Crippen LogP contribution < -0.4 is 20.3 Å². The smallest absolute Gasteiger partial charge is 0.467 e. The van der Waals surface area contributed by atoms with Gasteiger partial charge in [0.25, 0.3) is 11.6 Å². The summed E-state index contributed by atoms with van der Waals surface area (Å²) in [6, 6.07) is 9.10. The van der Waals surface area contributed by atoms with E-state index < -0.39 is 71.0 Å². The van der Waals surface area contributed by atoms with Gasteiger partial charge in [0.15, 0.2) is 12.2 Å². The first kappa shape index (κ1) is 45.8. The minimum absolute atomic E-state index is 0.00780. The molecule has 20 heteroatoms. The number of carbonyl (C=O) groups is 5. The molecule has 0 aliphatic carbocycles. The number of hydroxylamine groups is 1. The molecule has 1 heterocycles. The van der Waals surface area contributed by atoms with Crippen LogP contribution in [0.5, 0.6) is 11.5 Å². The number of nitro groups is 1. The third-order valence-electron chi connectivity index (χ3n) is 8.03. The quantitative estimate of drug-likeness (QED) is 0.0508. The van der Waals surface area contributed by atoms with Gasteiger partial charge in [-0.15, -0.1) is 0 Å². The second-order valence-electron chi connectivity index (χ2n) is 13.5. The summed E-state index contributed by atoms with van der Waals surface area (Å²) in [5.74, 6) is -2.79. The lowest BCUT2D eigenvalue weighted by Gasteiger charge is -2.42. The summed E-state index contributed by atoms with van der Waals surface area (Å²) in [6.45, 7) is 10.3. The average Bonchev–Trinajstić information content (AvgIpc) is 3.15. The standard InChI is InChI=1S/C37H49N3O17/c1-22-23(2)31(53-24(3)41)34(56-30(22)33(43)48-7)55-29-13-8-25(21-51-36(45)54-27-11-9-26(10-12-27)40(46)47)20-28(29)32(42)38-14-15-49-16-17-50-18-19-52-39-35(44)57-37(4,5)6/h8-13,20,22-23,30-31,34H,14-19,21H2,1-7H3,(H,38,42)(H,39,44)/t22-,23-,30-,31+,34+/m0/s1. The molecule has 0 unspecified atom stereocenters. The molecule has 2 aromatic rings. The number of nitrogens with zero attached hydrogens (tertiary/aromatic N) is 1. The number of carbonyl (C=O) groups excluding carboxylic acids is 5. The van der Waals surface area contributed by atoms with E-state index in [0.717, 1.165) is 12.1 Å². The summed E-state index contributed by atoms with van der Waals surface area (Å²) in [5.41, 5.74) is 1.59. The van der Waals surface area contributed by atoms with E-state index in [1.54, 1.807) is 34.6 Å². The summed E-state index contributed by atoms with van der Waals surface area (Å²) >= 11 is 0. The van der Waals surface area contributed by atoms with E-state index in [-0.39, 0.29) is 68.9 Å². The zero-order chi connectivity index (χ0) is 42.1. The van der Waals surface area contributed by atoms with Gasteiger partial charge in [-0.05, 0) is 56.5 Å². The van der Waals surface area contributed by atoms with Gasteiger partial charge in [0, 0.05) is 31.5 Å². The molecule has 0 aromatic heterocycles. The summed E-state index contributed by atoms with van der Waals surface area (Å²) in [6.07, 6.45) is -5.22. The van der Waals surface area contributed by atoms with Crippen LogP contribution in [0.4, 0.5) is 15.3 Å². The van der Waals surface area contributed by atoms with Crippen LogP contribution in [0.1, 0.15) is 57.5 Å². The third kappa shape index (κ3) is 15.5. The Kier molecular flexibility index (Phi) is 17.9. The molecule has 1 aliphatic heterocycles. The summed E-state index contributed by atoms with van der Waals surface area (Å²) < 4.78 is 48.8. The van der Waals surface area contributed by atoms with E-state index in [9.17, 15) is 34.1 Å². The van der Waals surface area contributed by atoms with Crippen molar-refractivity contribution in [1.29, 1.82) is 0 Å². The maximum absolute atomic E-state index is 13.6. The fourth-order valence-corrected chi connectivity index (χ4v) is 5.14. The highest BCUT2D eigenvalue weighted by Gasteiger charge is 2.48. The highest BCUT2D eigenvalue weighted by atomic mass is 16.7. The molecule has 314 valence electrons. The number of nitro benzene ring substituents is 1. The van der Waals surface area contributed by atoms with Gasteiger partial charge in [-0.2, -0.15) is 5.48 Å². The molecule has 0 radical (unpaired) electrons. The minimum Gasteiger partial charge on any atom is -0.467 e. The predicted molar refractivity (Wildman–Crippen MR) is 195 cm³/mol. The normalized spacial score (nSPS) is 19.0. The number of ether oxygens (including phenoxy) is 9. The van der Waals surface area contributed by atoms with Crippen molar-refractivity contribution in [3.8, 4) is 11.5 Å². The van der Waals surface area contributed by atoms with E-state index in [1.807, 2.05) is 0 Å². The van der Waals surface area contributed by atoms with E-state index in [1.165, 1.54) is 44.4 Å². The molecule has 0 bridgehead atoms. The Bertz CT molecular complexity index is 1680. The van der Waals surface area contributed by atoms with Crippen LogP contribution in [-0.2, 0) is 54.2 Å². The molecule has 1 aliphatic rings. The fourth-order valence-electron chi connectivity index (χ4n) is 5.14. The lowest BCUT2D eigenvalue weighted by atomic mass is 9.83. The van der Waals surface area contributed by atoms with Crippen molar-refractivity contribution in [2.45, 2.75) is 72.2 Å². The number of rotatable bonds is 19. The van der Waals surface area contributed by atoms with Crippen molar-refractivity contribution in [1.82, 2.24) is 10.8 Å². The van der Waals surface area contributed by atoms with E-state index in [0.29, 0.717) is 5.56 Å². The van der Waals surface area contributed by atoms with Crippen LogP contribution in [0, 0.1) is 22.0 Å². The van der Waals surface area contributed by atoms with Crippen LogP contribution in [0.3, 0.4) is 0 Å². The van der Waals surface area contributed by atoms with Gasteiger partial charge in [-0.3, -0.25) is 24.5 Å². The highest BCUT2D eigenvalue weighted by Crippen LogP contribution is 2.35. The molecule has 1 fully saturated rings. The van der Waals surface area contributed by atoms with E-state index >= 15 is 0 Å². The van der Waals surface area contributed by atoms with Crippen molar-refractivity contribution < 1.29 is 76.4 Å². The number of benzene rings is 2. The van der Waals surface area contributed by atoms with Crippen LogP contribution in [0.15, 0.2) is 42.5 Å². The third-order valence-corrected chi connectivity index (χ3v) is 8.03. The molecule has 0 spiro atoms. The first-order valence-electron chi connectivity index (χ1n) is 17.8. The van der Waals surface area contributed by atoms with Crippen molar-refractivity contribution in [2.75, 3.05) is 46.7 Å². The highest BCUT2D eigenvalue weighted by molar-refractivity contribution is 5.97. The van der Waals surface area contributed by atoms with Gasteiger partial charge in [0.1, 0.15) is 23.7 Å². The molecule has 20 nitrogen and oxygen atoms in total. The van der Waals surface area contributed by atoms with Gasteiger partial charge in [0.2, 0.25) is 6.29 Å². The Morgan fingerprint density at radius 3 is 2.21 bits per heavy atom. The number of nitrogens with one attached hydrogen (secondary N) is 2. The Hall–Kier alpha value is -5.57. The number of esters is 2. The Balaban J connectivity index is 1.64. The zero-order valence-electron chi connectivity index (χ0n) is 32.8. The SMILES string of the molecule is COC(=O)[C@H]1O[C@@H](Oc2ccc(COC(=O)Oc3ccc([N+](=O)[O-])cc3)cc2C(=O)NCCOCCOCCONC(=O)OC(C)(C)C)[C@H](OC(C)=O)[C@@H](C)[C@@H]1C. The van der Waals surface area contributed by atoms with Gasteiger partial charge < -0.3 is 47.9 Å². The maximum atomic E-state index is 13.6. The molecule has 57 heavy (non-hydrogen) atoms. The molecule has 0 saturated carbocycles. The molecular weight excluding hydrogens is 758 g/mol. The van der Waals surface area contributed by atoms with Gasteiger partial charge in [-0.25, -0.2) is 14.4 Å². The van der Waals surface area contributed by atoms with E-state index in [4.69, 9.17) is 47.5 Å². The number of amides is 2. The summed E-state index contributed by atoms with van der Waals surface area (Å²) in [4.78, 5) is 77.5. The second kappa shape index (κ2) is 22.2. The summed E-state index contributed by atoms with van der Waals surface area (Å²) in [7, 11) is 1.21. The molecule has 2 N–H and O–H groups in total. The Morgan fingerprint density at radius 1 is 0.912 bits per heavy atom. The number of non-ortho nitro benzene ring substituents is 1. The zero-order valence-corrected chi connectivity index (χ0v) is 32.8. The number of hydrogen-bond donors (Lipinski definition) is 2. The van der Waals surface area contributed by atoms with E-state index in [2.05, 4.69) is 10.8 Å². The van der Waals surface area contributed by atoms with Crippen molar-refractivity contribution in [3.05, 3.63) is 63.7 Å². The molecule has 1 saturated heterocycles. The lowest BCUT2D eigenvalue weighted by molar-refractivity contribution is -0.384. The van der Waals surface area contributed by atoms with Gasteiger partial charge in [-0.1, -0.05) is 19.9 Å². The van der Waals surface area contributed by atoms with Gasteiger partial charge in [0.05, 0.1) is 50.6 Å². The number of methoxy groups -OCH3 is 1. The first-order chi connectivity index (χ1) is 27.0. The van der Waals surface area contributed by atoms with Crippen LogP contribution in [0.2, 0.25) is 0 Å². The Labute approximate surface area is 328 Å². The fraction of sp³-hybridized carbons (Fsp3) is 0.541. The topological polar surface area (TPSA) is 245 Å². The van der Waals surface area contributed by atoms with Crippen molar-refractivity contribution in [3.63, 3.8) is 0 Å². The van der Waals surface area contributed by atoms with Crippen LogP contribution >= 0.6 is 0 Å². The summed E-state index contributed by atoms with van der Waals surface area (Å²) in [5, 5.41) is 13.6. The number of hydrogen-bond acceptors (Lipinski definition) is 17. The molecule has 3 rings (SSSR count). The largest absolute Gasteiger partial charge is 0.514 e. The van der Waals surface area contributed by atoms with Gasteiger partial charge >= 0.3 is 24.2 Å². The minimum atomic E-state index is -1.34. The molecule has 5 atom stereocenters. The van der Waals surface area contributed by atoms with Crippen molar-refractivity contribution in [2.24, 2.45) is 11.8 Å².